The number of nitrogens with one attached hydrogen (secondary N) is 1. The van der Waals surface area contributed by atoms with Crippen LogP contribution in [0.15, 0.2) is 18.2 Å². The van der Waals surface area contributed by atoms with Crippen LogP contribution in [0, 0.1) is 11.6 Å². The summed E-state index contributed by atoms with van der Waals surface area (Å²) in [4.78, 5) is 0. The number of rotatable bonds is 4. The van der Waals surface area contributed by atoms with Crippen LogP contribution in [0.3, 0.4) is 0 Å². The van der Waals surface area contributed by atoms with Gasteiger partial charge in [0.2, 0.25) is 0 Å². The average molecular weight is 278 g/mol. The van der Waals surface area contributed by atoms with E-state index in [2.05, 4.69) is 5.43 Å². The molecule has 0 bridgehead atoms. The second-order valence-corrected chi connectivity index (χ2v) is 7.21. The SMILES string of the molecule is CC(C)(C(NN)c1c(F)cccc1F)S(C)(=O)=O. The van der Waals surface area contributed by atoms with Gasteiger partial charge in [0.1, 0.15) is 11.6 Å². The lowest BCUT2D eigenvalue weighted by Gasteiger charge is -2.32. The minimum atomic E-state index is -3.57. The fourth-order valence-electron chi connectivity index (χ4n) is 1.63. The molecule has 0 aliphatic rings. The molecule has 4 nitrogen and oxygen atoms in total. The number of hydrazine groups is 1. The normalized spacial score (nSPS) is 14.6. The van der Waals surface area contributed by atoms with Gasteiger partial charge in [-0.15, -0.1) is 0 Å². The first-order valence-corrected chi connectivity index (χ1v) is 7.11. The highest BCUT2D eigenvalue weighted by molar-refractivity contribution is 7.92. The van der Waals surface area contributed by atoms with Gasteiger partial charge in [-0.25, -0.2) is 17.2 Å². The highest BCUT2D eigenvalue weighted by Gasteiger charge is 2.41. The molecule has 0 spiro atoms. The molecule has 1 unspecified atom stereocenters. The molecule has 1 aromatic rings. The van der Waals surface area contributed by atoms with Gasteiger partial charge < -0.3 is 0 Å². The smallest absolute Gasteiger partial charge is 0.154 e. The summed E-state index contributed by atoms with van der Waals surface area (Å²) in [6.45, 7) is 2.72. The fraction of sp³-hybridized carbons (Fsp3) is 0.455. The van der Waals surface area contributed by atoms with E-state index in [0.29, 0.717) is 0 Å². The van der Waals surface area contributed by atoms with Crippen LogP contribution in [-0.2, 0) is 9.84 Å². The van der Waals surface area contributed by atoms with Crippen LogP contribution in [0.1, 0.15) is 25.5 Å². The highest BCUT2D eigenvalue weighted by Crippen LogP contribution is 2.34. The molecule has 102 valence electrons. The third-order valence-corrected chi connectivity index (χ3v) is 5.25. The van der Waals surface area contributed by atoms with Gasteiger partial charge in [0.15, 0.2) is 9.84 Å². The molecule has 0 aromatic heterocycles. The minimum absolute atomic E-state index is 0.379. The van der Waals surface area contributed by atoms with Crippen molar-refractivity contribution in [3.63, 3.8) is 0 Å². The Bertz CT molecular complexity index is 524. The van der Waals surface area contributed by atoms with Gasteiger partial charge >= 0.3 is 0 Å². The van der Waals surface area contributed by atoms with Gasteiger partial charge in [-0.3, -0.25) is 11.3 Å². The van der Waals surface area contributed by atoms with Crippen LogP contribution in [0.5, 0.6) is 0 Å². The predicted octanol–water partition coefficient (Wildman–Crippen LogP) is 1.29. The van der Waals surface area contributed by atoms with Crippen LogP contribution < -0.4 is 11.3 Å². The summed E-state index contributed by atoms with van der Waals surface area (Å²) < 4.78 is 49.3. The van der Waals surface area contributed by atoms with E-state index < -0.39 is 32.3 Å². The monoisotopic (exact) mass is 278 g/mol. The topological polar surface area (TPSA) is 72.2 Å². The summed E-state index contributed by atoms with van der Waals surface area (Å²) in [5.41, 5.74) is 1.81. The van der Waals surface area contributed by atoms with Crippen molar-refractivity contribution in [3.05, 3.63) is 35.4 Å². The summed E-state index contributed by atoms with van der Waals surface area (Å²) >= 11 is 0. The Morgan fingerprint density at radius 1 is 1.28 bits per heavy atom. The van der Waals surface area contributed by atoms with Gasteiger partial charge in [-0.2, -0.15) is 0 Å². The Labute approximate surface area is 105 Å². The largest absolute Gasteiger partial charge is 0.271 e. The zero-order valence-corrected chi connectivity index (χ0v) is 11.2. The van der Waals surface area contributed by atoms with Crippen molar-refractivity contribution < 1.29 is 17.2 Å². The van der Waals surface area contributed by atoms with E-state index in [-0.39, 0.29) is 5.56 Å². The standard InChI is InChI=1S/C11H16F2N2O2S/c1-11(2,18(3,16)17)10(15-14)9-7(12)5-4-6-8(9)13/h4-6,10,15H,14H2,1-3H3. The molecule has 0 aliphatic heterocycles. The van der Waals surface area contributed by atoms with Gasteiger partial charge in [-0.05, 0) is 26.0 Å². The maximum atomic E-state index is 13.7. The molecule has 0 amide bonds. The van der Waals surface area contributed by atoms with Crippen LogP contribution in [0.25, 0.3) is 0 Å². The molecular formula is C11H16F2N2O2S. The van der Waals surface area contributed by atoms with E-state index in [0.717, 1.165) is 18.4 Å². The zero-order valence-electron chi connectivity index (χ0n) is 10.4. The minimum Gasteiger partial charge on any atom is -0.271 e. The highest BCUT2D eigenvalue weighted by atomic mass is 32.2. The molecule has 0 fully saturated rings. The van der Waals surface area contributed by atoms with Crippen LogP contribution in [0.2, 0.25) is 0 Å². The van der Waals surface area contributed by atoms with Crippen molar-refractivity contribution in [3.8, 4) is 0 Å². The Hall–Kier alpha value is -1.05. The first kappa shape index (κ1) is 15.0. The molecule has 0 radical (unpaired) electrons. The van der Waals surface area contributed by atoms with E-state index in [9.17, 15) is 17.2 Å². The van der Waals surface area contributed by atoms with Crippen LogP contribution >= 0.6 is 0 Å². The Balaban J connectivity index is 3.45. The zero-order chi connectivity index (χ0) is 14.1. The molecule has 0 aliphatic carbocycles. The van der Waals surface area contributed by atoms with Gasteiger partial charge in [0, 0.05) is 11.8 Å². The lowest BCUT2D eigenvalue weighted by Crippen LogP contribution is -2.48. The van der Waals surface area contributed by atoms with E-state index in [1.54, 1.807) is 0 Å². The molecule has 1 aromatic carbocycles. The lowest BCUT2D eigenvalue weighted by atomic mass is 9.95. The summed E-state index contributed by atoms with van der Waals surface area (Å²) in [6, 6.07) is 2.13. The van der Waals surface area contributed by atoms with E-state index in [4.69, 9.17) is 5.84 Å². The second-order valence-electron chi connectivity index (χ2n) is 4.61. The Morgan fingerprint density at radius 2 is 1.72 bits per heavy atom. The fourth-order valence-corrected chi connectivity index (χ4v) is 2.25. The number of halogens is 2. The van der Waals surface area contributed by atoms with E-state index in [1.165, 1.54) is 19.9 Å². The third kappa shape index (κ3) is 2.52. The number of sulfone groups is 1. The van der Waals surface area contributed by atoms with Crippen LogP contribution in [0.4, 0.5) is 8.78 Å². The van der Waals surface area contributed by atoms with Crippen LogP contribution in [-0.4, -0.2) is 19.4 Å². The maximum absolute atomic E-state index is 13.7. The molecule has 0 heterocycles. The molecule has 3 N–H and O–H groups in total. The Kier molecular flexibility index (Phi) is 4.09. The van der Waals surface area contributed by atoms with Gasteiger partial charge in [-0.1, -0.05) is 6.07 Å². The quantitative estimate of drug-likeness (QED) is 0.643. The van der Waals surface area contributed by atoms with Crippen molar-refractivity contribution in [2.45, 2.75) is 24.6 Å². The van der Waals surface area contributed by atoms with Crippen molar-refractivity contribution in [2.75, 3.05) is 6.26 Å². The summed E-state index contributed by atoms with van der Waals surface area (Å²) in [6.07, 6.45) is 0.996. The van der Waals surface area contributed by atoms with Crippen molar-refractivity contribution in [1.29, 1.82) is 0 Å². The maximum Gasteiger partial charge on any atom is 0.154 e. The first-order valence-electron chi connectivity index (χ1n) is 5.22. The third-order valence-electron chi connectivity index (χ3n) is 3.11. The number of benzene rings is 1. The Morgan fingerprint density at radius 3 is 2.06 bits per heavy atom. The molecule has 0 saturated carbocycles. The number of hydrogen-bond donors (Lipinski definition) is 2. The molecule has 18 heavy (non-hydrogen) atoms. The first-order chi connectivity index (χ1) is 8.13. The predicted molar refractivity (Wildman–Crippen MR) is 65.3 cm³/mol. The average Bonchev–Trinajstić information content (AvgIpc) is 2.21. The summed E-state index contributed by atoms with van der Waals surface area (Å²) in [7, 11) is -3.57. The van der Waals surface area contributed by atoms with E-state index in [1.807, 2.05) is 0 Å². The second kappa shape index (κ2) is 4.91. The summed E-state index contributed by atoms with van der Waals surface area (Å²) in [5, 5.41) is 0. The summed E-state index contributed by atoms with van der Waals surface area (Å²) in [5.74, 6) is 3.60. The number of nitrogens with two attached hydrogens (primary N) is 1. The van der Waals surface area contributed by atoms with Crippen molar-refractivity contribution >= 4 is 9.84 Å². The van der Waals surface area contributed by atoms with Crippen molar-refractivity contribution in [1.82, 2.24) is 5.43 Å². The number of hydrogen-bond acceptors (Lipinski definition) is 4. The van der Waals surface area contributed by atoms with Crippen molar-refractivity contribution in [2.24, 2.45) is 5.84 Å². The molecule has 1 rings (SSSR count). The lowest BCUT2D eigenvalue weighted by molar-refractivity contribution is 0.396. The molecule has 7 heteroatoms. The molecule has 1 atom stereocenters. The molecule has 0 saturated heterocycles. The van der Waals surface area contributed by atoms with E-state index >= 15 is 0 Å². The van der Waals surface area contributed by atoms with Gasteiger partial charge in [0.25, 0.3) is 0 Å². The van der Waals surface area contributed by atoms with Gasteiger partial charge in [0.05, 0.1) is 10.8 Å². The molecular weight excluding hydrogens is 262 g/mol.